The first-order valence-corrected chi connectivity index (χ1v) is 8.07. The Hall–Kier alpha value is -0.920. The lowest BCUT2D eigenvalue weighted by atomic mass is 9.96. The molecule has 1 saturated heterocycles. The Kier molecular flexibility index (Phi) is 4.27. The molecule has 19 heavy (non-hydrogen) atoms. The molecule has 1 aromatic rings. The first kappa shape index (κ1) is 14.5. The predicted octanol–water partition coefficient (Wildman–Crippen LogP) is 0.796. The van der Waals surface area contributed by atoms with E-state index < -0.39 is 10.0 Å². The Balaban J connectivity index is 2.21. The Morgan fingerprint density at radius 2 is 2.32 bits per heavy atom. The molecule has 1 atom stereocenters. The van der Waals surface area contributed by atoms with E-state index in [2.05, 4.69) is 29.4 Å². The van der Waals surface area contributed by atoms with E-state index in [1.54, 1.807) is 17.5 Å². The van der Waals surface area contributed by atoms with Gasteiger partial charge in [-0.05, 0) is 25.3 Å². The van der Waals surface area contributed by atoms with Crippen molar-refractivity contribution in [2.24, 2.45) is 11.8 Å². The van der Waals surface area contributed by atoms with E-state index in [0.717, 1.165) is 6.42 Å². The third kappa shape index (κ3) is 2.82. The van der Waals surface area contributed by atoms with Gasteiger partial charge in [0.2, 0.25) is 0 Å². The largest absolute Gasteiger partial charge is 0.316 e. The molecule has 0 spiro atoms. The molecule has 0 radical (unpaired) electrons. The van der Waals surface area contributed by atoms with Gasteiger partial charge in [-0.25, -0.2) is 8.42 Å². The van der Waals surface area contributed by atoms with Gasteiger partial charge >= 0.3 is 0 Å². The number of nitrogens with one attached hydrogen (secondary N) is 2. The Morgan fingerprint density at radius 3 is 2.89 bits per heavy atom. The minimum Gasteiger partial charge on any atom is -0.316 e. The summed E-state index contributed by atoms with van der Waals surface area (Å²) in [6.45, 7) is 5.99. The molecular formula is C12H22N4O2S. The summed E-state index contributed by atoms with van der Waals surface area (Å²) >= 11 is 0. The van der Waals surface area contributed by atoms with Crippen molar-refractivity contribution in [2.45, 2.75) is 31.8 Å². The van der Waals surface area contributed by atoms with Crippen molar-refractivity contribution in [3.8, 4) is 0 Å². The van der Waals surface area contributed by atoms with E-state index in [0.29, 0.717) is 37.0 Å². The van der Waals surface area contributed by atoms with E-state index in [1.807, 2.05) is 0 Å². The zero-order valence-electron chi connectivity index (χ0n) is 11.7. The quantitative estimate of drug-likeness (QED) is 0.839. The zero-order chi connectivity index (χ0) is 14.0. The van der Waals surface area contributed by atoms with Crippen LogP contribution in [0, 0.1) is 11.8 Å². The molecule has 1 aliphatic rings. The molecule has 108 valence electrons. The van der Waals surface area contributed by atoms with Crippen molar-refractivity contribution >= 4 is 10.0 Å². The summed E-state index contributed by atoms with van der Waals surface area (Å²) in [5.41, 5.74) is 0.690. The van der Waals surface area contributed by atoms with Gasteiger partial charge in [0, 0.05) is 25.2 Å². The molecule has 6 nitrogen and oxygen atoms in total. The van der Waals surface area contributed by atoms with Gasteiger partial charge < -0.3 is 5.32 Å². The smallest absolute Gasteiger partial charge is 0.260 e. The van der Waals surface area contributed by atoms with E-state index in [4.69, 9.17) is 0 Å². The van der Waals surface area contributed by atoms with Gasteiger partial charge in [0.05, 0.1) is 6.20 Å². The second-order valence-corrected chi connectivity index (χ2v) is 7.29. The molecule has 1 aliphatic heterocycles. The molecule has 1 fully saturated rings. The third-order valence-electron chi connectivity index (χ3n) is 3.77. The topological polar surface area (TPSA) is 78.1 Å². The second-order valence-electron chi connectivity index (χ2n) is 5.41. The molecule has 2 rings (SSSR count). The van der Waals surface area contributed by atoms with Gasteiger partial charge in [0.15, 0.2) is 5.03 Å². The number of aromatic amines is 1. The molecule has 0 aromatic carbocycles. The molecule has 1 unspecified atom stereocenters. The normalized spacial score (nSPS) is 21.4. The van der Waals surface area contributed by atoms with Crippen LogP contribution in [-0.2, 0) is 16.6 Å². The maximum atomic E-state index is 12.6. The van der Waals surface area contributed by atoms with Crippen molar-refractivity contribution in [2.75, 3.05) is 20.1 Å². The molecule has 0 amide bonds. The van der Waals surface area contributed by atoms with Crippen LogP contribution in [0.25, 0.3) is 0 Å². The van der Waals surface area contributed by atoms with Crippen LogP contribution in [0.1, 0.15) is 25.8 Å². The molecule has 2 heterocycles. The lowest BCUT2D eigenvalue weighted by Gasteiger charge is -2.17. The first-order valence-electron chi connectivity index (χ1n) is 6.63. The van der Waals surface area contributed by atoms with Gasteiger partial charge in [0.1, 0.15) is 0 Å². The number of hydrogen-bond donors (Lipinski definition) is 2. The maximum Gasteiger partial charge on any atom is 0.260 e. The molecule has 2 N–H and O–H groups in total. The number of sulfonamides is 1. The number of H-pyrrole nitrogens is 1. The third-order valence-corrected chi connectivity index (χ3v) is 5.65. The molecule has 0 saturated carbocycles. The second kappa shape index (κ2) is 5.60. The lowest BCUT2D eigenvalue weighted by molar-refractivity contribution is 0.388. The minimum atomic E-state index is -3.44. The van der Waals surface area contributed by atoms with Gasteiger partial charge in [-0.2, -0.15) is 9.40 Å². The van der Waals surface area contributed by atoms with Crippen LogP contribution in [0.5, 0.6) is 0 Å². The standard InChI is InChI=1S/C12H22N4O2S/c1-9(2)10-4-5-16(8-10)19(17,18)12-11(6-13-3)7-14-15-12/h7,9-10,13H,4-6,8H2,1-3H3,(H,14,15). The highest BCUT2D eigenvalue weighted by Crippen LogP contribution is 2.28. The van der Waals surface area contributed by atoms with Crippen molar-refractivity contribution in [1.82, 2.24) is 19.8 Å². The fourth-order valence-electron chi connectivity index (χ4n) is 2.48. The monoisotopic (exact) mass is 286 g/mol. The number of aromatic nitrogens is 2. The van der Waals surface area contributed by atoms with Crippen molar-refractivity contribution in [3.05, 3.63) is 11.8 Å². The molecule has 7 heteroatoms. The Bertz CT molecular complexity index is 524. The predicted molar refractivity (Wildman–Crippen MR) is 73.1 cm³/mol. The van der Waals surface area contributed by atoms with E-state index in [9.17, 15) is 8.42 Å². The lowest BCUT2D eigenvalue weighted by Crippen LogP contribution is -2.30. The van der Waals surface area contributed by atoms with E-state index >= 15 is 0 Å². The fraction of sp³-hybridized carbons (Fsp3) is 0.750. The first-order chi connectivity index (χ1) is 8.96. The highest BCUT2D eigenvalue weighted by molar-refractivity contribution is 7.89. The summed E-state index contributed by atoms with van der Waals surface area (Å²) in [6.07, 6.45) is 2.51. The number of hydrogen-bond acceptors (Lipinski definition) is 4. The summed E-state index contributed by atoms with van der Waals surface area (Å²) in [4.78, 5) is 0. The maximum absolute atomic E-state index is 12.6. The van der Waals surface area contributed by atoms with Gasteiger partial charge in [-0.3, -0.25) is 5.10 Å². The van der Waals surface area contributed by atoms with Crippen LogP contribution >= 0.6 is 0 Å². The van der Waals surface area contributed by atoms with Crippen molar-refractivity contribution < 1.29 is 8.42 Å². The number of rotatable bonds is 5. The van der Waals surface area contributed by atoms with Crippen LogP contribution in [0.4, 0.5) is 0 Å². The molecule has 0 aliphatic carbocycles. The highest BCUT2D eigenvalue weighted by Gasteiger charge is 2.35. The van der Waals surface area contributed by atoms with Gasteiger partial charge in [0.25, 0.3) is 10.0 Å². The van der Waals surface area contributed by atoms with Crippen LogP contribution in [0.2, 0.25) is 0 Å². The Labute approximate surface area is 114 Å². The molecular weight excluding hydrogens is 264 g/mol. The highest BCUT2D eigenvalue weighted by atomic mass is 32.2. The number of nitrogens with zero attached hydrogens (tertiary/aromatic N) is 2. The summed E-state index contributed by atoms with van der Waals surface area (Å²) in [6, 6.07) is 0. The fourth-order valence-corrected chi connectivity index (χ4v) is 4.10. The van der Waals surface area contributed by atoms with Crippen LogP contribution in [0.3, 0.4) is 0 Å². The van der Waals surface area contributed by atoms with Crippen LogP contribution < -0.4 is 5.32 Å². The average Bonchev–Trinajstić information content (AvgIpc) is 2.97. The molecule has 0 bridgehead atoms. The Morgan fingerprint density at radius 1 is 1.58 bits per heavy atom. The SMILES string of the molecule is CNCc1cn[nH]c1S(=O)(=O)N1CCC(C(C)C)C1. The van der Waals surface area contributed by atoms with Crippen LogP contribution in [-0.4, -0.2) is 43.1 Å². The van der Waals surface area contributed by atoms with Crippen molar-refractivity contribution in [1.29, 1.82) is 0 Å². The summed E-state index contributed by atoms with van der Waals surface area (Å²) in [5, 5.41) is 9.68. The average molecular weight is 286 g/mol. The van der Waals surface area contributed by atoms with Gasteiger partial charge in [-0.15, -0.1) is 0 Å². The van der Waals surface area contributed by atoms with E-state index in [-0.39, 0.29) is 5.03 Å². The minimum absolute atomic E-state index is 0.228. The summed E-state index contributed by atoms with van der Waals surface area (Å²) in [5.74, 6) is 0.962. The van der Waals surface area contributed by atoms with E-state index in [1.165, 1.54) is 0 Å². The molecule has 1 aromatic heterocycles. The zero-order valence-corrected chi connectivity index (χ0v) is 12.5. The van der Waals surface area contributed by atoms with Crippen LogP contribution in [0.15, 0.2) is 11.2 Å². The summed E-state index contributed by atoms with van der Waals surface area (Å²) < 4.78 is 26.7. The summed E-state index contributed by atoms with van der Waals surface area (Å²) in [7, 11) is -1.65. The van der Waals surface area contributed by atoms with Gasteiger partial charge in [-0.1, -0.05) is 13.8 Å². The van der Waals surface area contributed by atoms with Crippen molar-refractivity contribution in [3.63, 3.8) is 0 Å².